The SMILES string of the molecule is CCCCOc1cccc(C(O)=C2C(=O)C(=O)N(c3nc4ccc(F)cc4s3)C2c2ccc(C(=O)OC)cc2)c1. The molecule has 0 bridgehead atoms. The van der Waals surface area contributed by atoms with Gasteiger partial charge in [-0.1, -0.05) is 48.9 Å². The van der Waals surface area contributed by atoms with Gasteiger partial charge in [-0.05, 0) is 54.4 Å². The number of unbranched alkanes of at least 4 members (excludes halogenated alkanes) is 1. The summed E-state index contributed by atoms with van der Waals surface area (Å²) in [4.78, 5) is 44.6. The number of esters is 1. The van der Waals surface area contributed by atoms with Crippen molar-refractivity contribution in [2.24, 2.45) is 0 Å². The Morgan fingerprint density at radius 3 is 2.58 bits per heavy atom. The number of rotatable bonds is 8. The summed E-state index contributed by atoms with van der Waals surface area (Å²) in [5, 5.41) is 11.6. The van der Waals surface area contributed by atoms with E-state index in [2.05, 4.69) is 4.98 Å². The third-order valence-corrected chi connectivity index (χ3v) is 7.53. The lowest BCUT2D eigenvalue weighted by atomic mass is 9.94. The molecule has 8 nitrogen and oxygen atoms in total. The van der Waals surface area contributed by atoms with Crippen LogP contribution in [0.2, 0.25) is 0 Å². The van der Waals surface area contributed by atoms with E-state index < -0.39 is 29.5 Å². The lowest BCUT2D eigenvalue weighted by Gasteiger charge is -2.23. The van der Waals surface area contributed by atoms with E-state index in [-0.39, 0.29) is 22.0 Å². The molecule has 1 atom stereocenters. The normalized spacial score (nSPS) is 16.5. The van der Waals surface area contributed by atoms with Crippen LogP contribution in [0.25, 0.3) is 16.0 Å². The number of ketones is 1. The van der Waals surface area contributed by atoms with Gasteiger partial charge in [0.05, 0.1) is 41.1 Å². The van der Waals surface area contributed by atoms with Crippen LogP contribution >= 0.6 is 11.3 Å². The van der Waals surface area contributed by atoms with Crippen molar-refractivity contribution < 1.29 is 33.4 Å². The van der Waals surface area contributed by atoms with Crippen LogP contribution in [-0.4, -0.2) is 41.5 Å². The number of nitrogens with zero attached hydrogens (tertiary/aromatic N) is 2. The van der Waals surface area contributed by atoms with Crippen LogP contribution in [0.15, 0.2) is 72.3 Å². The van der Waals surface area contributed by atoms with E-state index in [4.69, 9.17) is 9.47 Å². The van der Waals surface area contributed by atoms with Gasteiger partial charge in [0.25, 0.3) is 5.78 Å². The van der Waals surface area contributed by atoms with Gasteiger partial charge in [-0.3, -0.25) is 14.5 Å². The predicted octanol–water partition coefficient (Wildman–Crippen LogP) is 6.03. The molecule has 1 saturated heterocycles. The molecule has 40 heavy (non-hydrogen) atoms. The number of Topliss-reactive ketones (excluding diaryl/α,β-unsaturated/α-hetero) is 1. The fourth-order valence-corrected chi connectivity index (χ4v) is 5.49. The number of aliphatic hydroxyl groups excluding tert-OH is 1. The number of ether oxygens (including phenoxy) is 2. The summed E-state index contributed by atoms with van der Waals surface area (Å²) in [6.07, 6.45) is 1.81. The zero-order valence-corrected chi connectivity index (χ0v) is 22.5. The standard InChI is InChI=1S/C30H25FN2O6S/c1-3-4-14-39-21-7-5-6-19(15-21)26(34)24-25(17-8-10-18(11-9-17)29(37)38-2)33(28(36)27(24)35)30-32-22-13-12-20(31)16-23(22)40-30/h5-13,15-16,25,34H,3-4,14H2,1-2H3. The van der Waals surface area contributed by atoms with Crippen molar-refractivity contribution in [1.82, 2.24) is 4.98 Å². The second-order valence-electron chi connectivity index (χ2n) is 9.12. The van der Waals surface area contributed by atoms with Gasteiger partial charge in [0.15, 0.2) is 5.13 Å². The predicted molar refractivity (Wildman–Crippen MR) is 149 cm³/mol. The minimum absolute atomic E-state index is 0.146. The van der Waals surface area contributed by atoms with E-state index >= 15 is 0 Å². The lowest BCUT2D eigenvalue weighted by Crippen LogP contribution is -2.29. The number of hydrogen-bond acceptors (Lipinski definition) is 8. The maximum atomic E-state index is 13.9. The number of methoxy groups -OCH3 is 1. The molecule has 5 rings (SSSR count). The third kappa shape index (κ3) is 5.05. The first-order valence-corrected chi connectivity index (χ1v) is 13.4. The van der Waals surface area contributed by atoms with Gasteiger partial charge >= 0.3 is 11.9 Å². The van der Waals surface area contributed by atoms with Crippen molar-refractivity contribution in [2.45, 2.75) is 25.8 Å². The second-order valence-corrected chi connectivity index (χ2v) is 10.1. The van der Waals surface area contributed by atoms with E-state index in [1.165, 1.54) is 42.3 Å². The molecular weight excluding hydrogens is 535 g/mol. The van der Waals surface area contributed by atoms with Gasteiger partial charge in [-0.2, -0.15) is 0 Å². The molecule has 2 heterocycles. The maximum absolute atomic E-state index is 13.9. The molecule has 0 aliphatic carbocycles. The summed E-state index contributed by atoms with van der Waals surface area (Å²) in [6, 6.07) is 15.8. The highest BCUT2D eigenvalue weighted by atomic mass is 32.1. The lowest BCUT2D eigenvalue weighted by molar-refractivity contribution is -0.132. The summed E-state index contributed by atoms with van der Waals surface area (Å²) in [5.41, 5.74) is 1.34. The van der Waals surface area contributed by atoms with Gasteiger partial charge in [0.1, 0.15) is 17.3 Å². The number of benzene rings is 3. The Balaban J connectivity index is 1.65. The fourth-order valence-electron chi connectivity index (χ4n) is 4.48. The molecule has 1 amide bonds. The number of carbonyl (C=O) groups is 3. The molecule has 0 spiro atoms. The number of anilines is 1. The van der Waals surface area contributed by atoms with E-state index in [1.54, 1.807) is 36.4 Å². The summed E-state index contributed by atoms with van der Waals surface area (Å²) in [5.74, 6) is -2.66. The number of fused-ring (bicyclic) bond motifs is 1. The molecule has 1 fully saturated rings. The minimum atomic E-state index is -1.07. The van der Waals surface area contributed by atoms with Crippen LogP contribution in [0.5, 0.6) is 5.75 Å². The van der Waals surface area contributed by atoms with Gasteiger partial charge < -0.3 is 14.6 Å². The highest BCUT2D eigenvalue weighted by Gasteiger charge is 2.48. The fraction of sp³-hybridized carbons (Fsp3) is 0.200. The first-order valence-electron chi connectivity index (χ1n) is 12.6. The molecule has 0 saturated carbocycles. The van der Waals surface area contributed by atoms with Gasteiger partial charge in [-0.25, -0.2) is 14.2 Å². The van der Waals surface area contributed by atoms with Gasteiger partial charge in [0, 0.05) is 5.56 Å². The van der Waals surface area contributed by atoms with Crippen molar-refractivity contribution in [2.75, 3.05) is 18.6 Å². The number of aliphatic hydroxyl groups is 1. The minimum Gasteiger partial charge on any atom is -0.507 e. The van der Waals surface area contributed by atoms with Crippen molar-refractivity contribution in [3.8, 4) is 5.75 Å². The Kier molecular flexibility index (Phi) is 7.61. The van der Waals surface area contributed by atoms with E-state index in [9.17, 15) is 23.9 Å². The van der Waals surface area contributed by atoms with Crippen LogP contribution in [0, 0.1) is 5.82 Å². The summed E-state index contributed by atoms with van der Waals surface area (Å²) < 4.78 is 24.9. The number of aromatic nitrogens is 1. The molecule has 1 aliphatic rings. The first kappa shape index (κ1) is 27.0. The highest BCUT2D eigenvalue weighted by Crippen LogP contribution is 2.44. The second kappa shape index (κ2) is 11.3. The Labute approximate surface area is 233 Å². The molecule has 1 aliphatic heterocycles. The molecule has 1 unspecified atom stereocenters. The topological polar surface area (TPSA) is 106 Å². The largest absolute Gasteiger partial charge is 0.507 e. The van der Waals surface area contributed by atoms with E-state index in [1.807, 2.05) is 6.92 Å². The Morgan fingerprint density at radius 2 is 1.85 bits per heavy atom. The number of carbonyl (C=O) groups excluding carboxylic acids is 3. The molecule has 4 aromatic rings. The zero-order chi connectivity index (χ0) is 28.4. The number of amides is 1. The molecule has 0 radical (unpaired) electrons. The monoisotopic (exact) mass is 560 g/mol. The zero-order valence-electron chi connectivity index (χ0n) is 21.7. The maximum Gasteiger partial charge on any atom is 0.337 e. The van der Waals surface area contributed by atoms with Crippen LogP contribution in [0.4, 0.5) is 9.52 Å². The Bertz CT molecular complexity index is 1650. The molecule has 1 aromatic heterocycles. The Morgan fingerprint density at radius 1 is 1.07 bits per heavy atom. The molecular formula is C30H25FN2O6S. The average molecular weight is 561 g/mol. The third-order valence-electron chi connectivity index (χ3n) is 6.51. The summed E-state index contributed by atoms with van der Waals surface area (Å²) in [6.45, 7) is 2.54. The van der Waals surface area contributed by atoms with E-state index in [0.717, 1.165) is 24.2 Å². The molecule has 1 N–H and O–H groups in total. The molecule has 3 aromatic carbocycles. The van der Waals surface area contributed by atoms with Crippen LogP contribution in [0.1, 0.15) is 47.3 Å². The van der Waals surface area contributed by atoms with Crippen molar-refractivity contribution in [3.05, 3.63) is 94.8 Å². The smallest absolute Gasteiger partial charge is 0.337 e. The van der Waals surface area contributed by atoms with E-state index in [0.29, 0.717) is 33.7 Å². The molecule has 10 heteroatoms. The summed E-state index contributed by atoms with van der Waals surface area (Å²) >= 11 is 1.05. The Hall–Kier alpha value is -4.57. The molecule has 204 valence electrons. The quantitative estimate of drug-likeness (QED) is 0.0923. The van der Waals surface area contributed by atoms with Crippen LogP contribution in [-0.2, 0) is 14.3 Å². The summed E-state index contributed by atoms with van der Waals surface area (Å²) in [7, 11) is 1.27. The van der Waals surface area contributed by atoms with Crippen molar-refractivity contribution in [3.63, 3.8) is 0 Å². The van der Waals surface area contributed by atoms with Crippen LogP contribution < -0.4 is 9.64 Å². The number of halogens is 1. The van der Waals surface area contributed by atoms with Crippen LogP contribution in [0.3, 0.4) is 0 Å². The van der Waals surface area contributed by atoms with Crippen molar-refractivity contribution >= 4 is 50.1 Å². The van der Waals surface area contributed by atoms with Gasteiger partial charge in [-0.15, -0.1) is 0 Å². The average Bonchev–Trinajstić information content (AvgIpc) is 3.50. The van der Waals surface area contributed by atoms with Crippen molar-refractivity contribution in [1.29, 1.82) is 0 Å². The number of hydrogen-bond donors (Lipinski definition) is 1. The first-order chi connectivity index (χ1) is 19.3. The highest BCUT2D eigenvalue weighted by molar-refractivity contribution is 7.22. The van der Waals surface area contributed by atoms with Gasteiger partial charge in [0.2, 0.25) is 0 Å². The number of thiazole rings is 1.